The number of aliphatic hydroxyl groups excluding tert-OH is 1. The molecule has 1 saturated carbocycles. The average Bonchev–Trinajstić information content (AvgIpc) is 3.00. The van der Waals surface area contributed by atoms with Crippen molar-refractivity contribution >= 4 is 11.5 Å². The molecule has 22 heavy (non-hydrogen) atoms. The fourth-order valence-corrected chi connectivity index (χ4v) is 3.27. The van der Waals surface area contributed by atoms with Crippen LogP contribution >= 0.6 is 0 Å². The van der Waals surface area contributed by atoms with Crippen LogP contribution in [0.25, 0.3) is 0 Å². The molecule has 2 heterocycles. The Morgan fingerprint density at radius 2 is 2.32 bits per heavy atom. The lowest BCUT2D eigenvalue weighted by atomic mass is 9.71. The highest BCUT2D eigenvalue weighted by Crippen LogP contribution is 2.45. The zero-order valence-electron chi connectivity index (χ0n) is 12.5. The maximum absolute atomic E-state index is 12.5. The highest BCUT2D eigenvalue weighted by atomic mass is 16.6. The standard InChI is InChI=1S/C17H19NO4/c1-3-21-17(20)14-10(2)18-11-6-4-7-12(19)15(11)16(14)13-8-5-9-22-13/h5,8-9,15-16,20H,2-4,6-7H2,1H3. The number of ketones is 1. The highest BCUT2D eigenvalue weighted by Gasteiger charge is 2.44. The number of hydrogen-bond donors (Lipinski definition) is 1. The summed E-state index contributed by atoms with van der Waals surface area (Å²) in [6, 6.07) is 3.58. The smallest absolute Gasteiger partial charge is 0.282 e. The fraction of sp³-hybridized carbons (Fsp3) is 0.412. The van der Waals surface area contributed by atoms with Crippen molar-refractivity contribution in [1.29, 1.82) is 0 Å². The largest absolute Gasteiger partial charge is 0.481 e. The van der Waals surface area contributed by atoms with Crippen LogP contribution in [-0.2, 0) is 9.53 Å². The molecule has 1 aromatic heterocycles. The van der Waals surface area contributed by atoms with Crippen LogP contribution in [0.1, 0.15) is 37.9 Å². The van der Waals surface area contributed by atoms with Gasteiger partial charge in [-0.2, -0.15) is 0 Å². The topological polar surface area (TPSA) is 72.0 Å². The van der Waals surface area contributed by atoms with E-state index in [2.05, 4.69) is 11.6 Å². The van der Waals surface area contributed by atoms with Crippen molar-refractivity contribution < 1.29 is 19.1 Å². The van der Waals surface area contributed by atoms with Crippen LogP contribution in [0.5, 0.6) is 0 Å². The Balaban J connectivity index is 2.16. The van der Waals surface area contributed by atoms with E-state index in [9.17, 15) is 9.90 Å². The Labute approximate surface area is 129 Å². The fourth-order valence-electron chi connectivity index (χ4n) is 3.27. The predicted molar refractivity (Wildman–Crippen MR) is 81.7 cm³/mol. The Morgan fingerprint density at radius 1 is 1.50 bits per heavy atom. The van der Waals surface area contributed by atoms with Crippen LogP contribution in [0.3, 0.4) is 0 Å². The first-order valence-corrected chi connectivity index (χ1v) is 7.52. The van der Waals surface area contributed by atoms with E-state index in [1.165, 1.54) is 0 Å². The zero-order valence-corrected chi connectivity index (χ0v) is 12.5. The third-order valence-electron chi connectivity index (χ3n) is 4.16. The van der Waals surface area contributed by atoms with Gasteiger partial charge in [0.25, 0.3) is 5.95 Å². The van der Waals surface area contributed by atoms with E-state index >= 15 is 0 Å². The van der Waals surface area contributed by atoms with Crippen LogP contribution < -0.4 is 0 Å². The number of carbonyl (C=O) groups excluding carboxylic acids is 1. The van der Waals surface area contributed by atoms with Gasteiger partial charge in [-0.05, 0) is 31.9 Å². The lowest BCUT2D eigenvalue weighted by Gasteiger charge is -2.35. The van der Waals surface area contributed by atoms with Crippen LogP contribution in [0.2, 0.25) is 0 Å². The molecule has 5 nitrogen and oxygen atoms in total. The summed E-state index contributed by atoms with van der Waals surface area (Å²) >= 11 is 0. The SMILES string of the molecule is C=C1N=C2CCCC(=O)C2C(c2ccco2)C1=C(O)OCC. The molecule has 2 aliphatic rings. The number of Topliss-reactive ketones (excluding diaryl/α,β-unsaturated/α-hetero) is 1. The van der Waals surface area contributed by atoms with Crippen LogP contribution in [-0.4, -0.2) is 23.2 Å². The molecule has 0 amide bonds. The van der Waals surface area contributed by atoms with Crippen molar-refractivity contribution in [2.45, 2.75) is 32.1 Å². The quantitative estimate of drug-likeness (QED) is 0.867. The first-order valence-electron chi connectivity index (χ1n) is 7.52. The summed E-state index contributed by atoms with van der Waals surface area (Å²) < 4.78 is 10.8. The molecule has 0 aromatic carbocycles. The number of fused-ring (bicyclic) bond motifs is 1. The number of allylic oxidation sites excluding steroid dienone is 1. The summed E-state index contributed by atoms with van der Waals surface area (Å²) in [5.74, 6) is -0.303. The minimum Gasteiger partial charge on any atom is -0.481 e. The molecule has 0 bridgehead atoms. The Morgan fingerprint density at radius 3 is 3.00 bits per heavy atom. The van der Waals surface area contributed by atoms with Crippen molar-refractivity contribution in [2.24, 2.45) is 10.9 Å². The highest BCUT2D eigenvalue weighted by molar-refractivity contribution is 6.09. The summed E-state index contributed by atoms with van der Waals surface area (Å²) in [5.41, 5.74) is 1.71. The number of rotatable bonds is 3. The van der Waals surface area contributed by atoms with Crippen LogP contribution in [0, 0.1) is 5.92 Å². The van der Waals surface area contributed by atoms with E-state index in [1.807, 2.05) is 6.07 Å². The van der Waals surface area contributed by atoms with Crippen LogP contribution in [0.15, 0.2) is 51.6 Å². The maximum atomic E-state index is 12.5. The van der Waals surface area contributed by atoms with Gasteiger partial charge in [0, 0.05) is 12.1 Å². The third-order valence-corrected chi connectivity index (χ3v) is 4.16. The molecule has 2 atom stereocenters. The lowest BCUT2D eigenvalue weighted by molar-refractivity contribution is -0.122. The number of ether oxygens (including phenoxy) is 1. The van der Waals surface area contributed by atoms with E-state index in [0.717, 1.165) is 18.6 Å². The van der Waals surface area contributed by atoms with Gasteiger partial charge in [0.1, 0.15) is 11.5 Å². The molecule has 1 N–H and O–H groups in total. The first kappa shape index (κ1) is 14.6. The summed E-state index contributed by atoms with van der Waals surface area (Å²) in [6.07, 6.45) is 3.67. The number of hydrogen-bond acceptors (Lipinski definition) is 5. The lowest BCUT2D eigenvalue weighted by Crippen LogP contribution is -2.38. The molecule has 0 spiro atoms. The maximum Gasteiger partial charge on any atom is 0.282 e. The molecule has 116 valence electrons. The van der Waals surface area contributed by atoms with Crippen molar-refractivity contribution in [3.05, 3.63) is 48.0 Å². The molecule has 5 heteroatoms. The number of carbonyl (C=O) groups is 1. The van der Waals surface area contributed by atoms with E-state index < -0.39 is 11.8 Å². The molecule has 3 rings (SSSR count). The van der Waals surface area contributed by atoms with Crippen molar-refractivity contribution in [1.82, 2.24) is 0 Å². The second-order valence-electron chi connectivity index (χ2n) is 5.49. The zero-order chi connectivity index (χ0) is 15.7. The number of furan rings is 1. The monoisotopic (exact) mass is 301 g/mol. The van der Waals surface area contributed by atoms with E-state index in [1.54, 1.807) is 19.3 Å². The van der Waals surface area contributed by atoms with Crippen molar-refractivity contribution in [3.8, 4) is 0 Å². The van der Waals surface area contributed by atoms with Gasteiger partial charge < -0.3 is 14.3 Å². The van der Waals surface area contributed by atoms with Crippen LogP contribution in [0.4, 0.5) is 0 Å². The molecular formula is C17H19NO4. The molecule has 1 aromatic rings. The van der Waals surface area contributed by atoms with E-state index in [0.29, 0.717) is 30.1 Å². The average molecular weight is 301 g/mol. The Kier molecular flexibility index (Phi) is 3.88. The normalized spacial score (nSPS) is 27.2. The van der Waals surface area contributed by atoms with Gasteiger partial charge in [-0.3, -0.25) is 9.79 Å². The summed E-state index contributed by atoms with van der Waals surface area (Å²) in [4.78, 5) is 16.9. The molecule has 0 saturated heterocycles. The van der Waals surface area contributed by atoms with E-state index in [4.69, 9.17) is 9.15 Å². The van der Waals surface area contributed by atoms with Crippen molar-refractivity contribution in [2.75, 3.05) is 6.61 Å². The molecule has 1 aliphatic heterocycles. The summed E-state index contributed by atoms with van der Waals surface area (Å²) in [5, 5.41) is 10.3. The molecule has 1 fully saturated rings. The van der Waals surface area contributed by atoms with Gasteiger partial charge >= 0.3 is 0 Å². The Hall–Kier alpha value is -2.30. The van der Waals surface area contributed by atoms with Gasteiger partial charge in [-0.1, -0.05) is 6.58 Å². The summed E-state index contributed by atoms with van der Waals surface area (Å²) in [7, 11) is 0. The van der Waals surface area contributed by atoms with Gasteiger partial charge in [0.05, 0.1) is 36.0 Å². The number of aliphatic imine (C=N–C) groups is 1. The van der Waals surface area contributed by atoms with Gasteiger partial charge in [0.2, 0.25) is 0 Å². The minimum atomic E-state index is -0.422. The second kappa shape index (κ2) is 5.83. The second-order valence-corrected chi connectivity index (χ2v) is 5.49. The molecular weight excluding hydrogens is 282 g/mol. The van der Waals surface area contributed by atoms with Crippen molar-refractivity contribution in [3.63, 3.8) is 0 Å². The number of aliphatic hydroxyl groups is 1. The predicted octanol–water partition coefficient (Wildman–Crippen LogP) is 3.51. The molecule has 0 radical (unpaired) electrons. The minimum absolute atomic E-state index is 0.126. The van der Waals surface area contributed by atoms with Gasteiger partial charge in [0.15, 0.2) is 0 Å². The first-order chi connectivity index (χ1) is 10.6. The molecule has 2 unspecified atom stereocenters. The van der Waals surface area contributed by atoms with Gasteiger partial charge in [-0.15, -0.1) is 0 Å². The third kappa shape index (κ3) is 2.36. The molecule has 1 aliphatic carbocycles. The summed E-state index contributed by atoms with van der Waals surface area (Å²) in [6.45, 7) is 6.04. The Bertz CT molecular complexity index is 654. The number of nitrogens with zero attached hydrogens (tertiary/aromatic N) is 1. The van der Waals surface area contributed by atoms with E-state index in [-0.39, 0.29) is 11.7 Å². The van der Waals surface area contributed by atoms with Gasteiger partial charge in [-0.25, -0.2) is 0 Å².